The Hall–Kier alpha value is -2.77. The summed E-state index contributed by atoms with van der Waals surface area (Å²) in [5.74, 6) is 2.50. The van der Waals surface area contributed by atoms with E-state index in [1.54, 1.807) is 36.5 Å². The van der Waals surface area contributed by atoms with Crippen LogP contribution >= 0.6 is 24.2 Å². The summed E-state index contributed by atoms with van der Waals surface area (Å²) >= 11 is 10.7. The topological polar surface area (TPSA) is 91.5 Å². The third kappa shape index (κ3) is 7.14. The number of nitrogens with two attached hydrogens (primary N) is 1. The number of hydrogen-bond acceptors (Lipinski definition) is 6. The third-order valence-corrected chi connectivity index (χ3v) is 6.90. The number of benzene rings is 2. The molecule has 1 amide bonds. The highest BCUT2D eigenvalue weighted by atomic mass is 35.5. The van der Waals surface area contributed by atoms with Crippen LogP contribution < -0.4 is 15.2 Å². The zero-order valence-electron chi connectivity index (χ0n) is 20.2. The second-order valence-corrected chi connectivity index (χ2v) is 10.1. The van der Waals surface area contributed by atoms with Gasteiger partial charge in [-0.05, 0) is 67.2 Å². The van der Waals surface area contributed by atoms with Crippen LogP contribution in [0.15, 0.2) is 42.6 Å². The van der Waals surface area contributed by atoms with Gasteiger partial charge in [-0.15, -0.1) is 0 Å². The fourth-order valence-electron chi connectivity index (χ4n) is 4.09. The van der Waals surface area contributed by atoms with E-state index in [2.05, 4.69) is 17.6 Å². The SMILES string of the molecule is NC(=O)c1cc2c(Oc3ccc(CC(=O)CC4CC4)c(Cl)c3)ccnc2cc1OCCCCCCS. The maximum Gasteiger partial charge on any atom is 0.252 e. The lowest BCUT2D eigenvalue weighted by Crippen LogP contribution is -2.13. The van der Waals surface area contributed by atoms with Crippen LogP contribution in [0, 0.1) is 5.92 Å². The van der Waals surface area contributed by atoms with Crippen molar-refractivity contribution in [2.75, 3.05) is 12.4 Å². The number of ketones is 1. The molecule has 0 atom stereocenters. The van der Waals surface area contributed by atoms with Gasteiger partial charge in [-0.25, -0.2) is 0 Å². The van der Waals surface area contributed by atoms with Crippen LogP contribution in [0.5, 0.6) is 17.2 Å². The fraction of sp³-hybridized carbons (Fsp3) is 0.393. The Labute approximate surface area is 221 Å². The smallest absolute Gasteiger partial charge is 0.252 e. The molecular formula is C28H31ClN2O4S. The summed E-state index contributed by atoms with van der Waals surface area (Å²) in [6.07, 6.45) is 8.96. The predicted molar refractivity (Wildman–Crippen MR) is 146 cm³/mol. The van der Waals surface area contributed by atoms with E-state index in [0.717, 1.165) is 49.8 Å². The average molecular weight is 527 g/mol. The zero-order valence-corrected chi connectivity index (χ0v) is 21.8. The van der Waals surface area contributed by atoms with Gasteiger partial charge in [-0.1, -0.05) is 30.5 Å². The van der Waals surface area contributed by atoms with Crippen molar-refractivity contribution in [3.63, 3.8) is 0 Å². The highest BCUT2D eigenvalue weighted by Crippen LogP contribution is 2.36. The first-order chi connectivity index (χ1) is 17.4. The van der Waals surface area contributed by atoms with Crippen LogP contribution in [-0.4, -0.2) is 29.0 Å². The Kier molecular flexibility index (Phi) is 9.10. The summed E-state index contributed by atoms with van der Waals surface area (Å²) in [5, 5.41) is 1.12. The fourth-order valence-corrected chi connectivity index (χ4v) is 4.55. The molecule has 1 saturated carbocycles. The van der Waals surface area contributed by atoms with Crippen molar-refractivity contribution in [3.05, 3.63) is 58.7 Å². The van der Waals surface area contributed by atoms with E-state index in [4.69, 9.17) is 26.8 Å². The van der Waals surface area contributed by atoms with E-state index in [-0.39, 0.29) is 11.3 Å². The van der Waals surface area contributed by atoms with Crippen LogP contribution in [0.1, 0.15) is 60.9 Å². The van der Waals surface area contributed by atoms with Crippen LogP contribution in [0.25, 0.3) is 10.9 Å². The Bertz CT molecular complexity index is 1250. The lowest BCUT2D eigenvalue weighted by molar-refractivity contribution is -0.118. The number of halogens is 1. The lowest BCUT2D eigenvalue weighted by atomic mass is 10.0. The van der Waals surface area contributed by atoms with Crippen molar-refractivity contribution >= 4 is 46.8 Å². The molecular weight excluding hydrogens is 496 g/mol. The largest absolute Gasteiger partial charge is 0.493 e. The molecule has 2 aromatic carbocycles. The summed E-state index contributed by atoms with van der Waals surface area (Å²) < 4.78 is 12.0. The minimum Gasteiger partial charge on any atom is -0.493 e. The second kappa shape index (κ2) is 12.5. The molecule has 2 N–H and O–H groups in total. The number of ether oxygens (including phenoxy) is 2. The Morgan fingerprint density at radius 3 is 2.58 bits per heavy atom. The molecule has 1 heterocycles. The molecule has 0 aliphatic heterocycles. The average Bonchev–Trinajstić information content (AvgIpc) is 3.66. The quantitative estimate of drug-likeness (QED) is 0.183. The molecule has 0 saturated heterocycles. The van der Waals surface area contributed by atoms with Crippen molar-refractivity contribution in [3.8, 4) is 17.2 Å². The number of carbonyl (C=O) groups is 2. The van der Waals surface area contributed by atoms with Crippen LogP contribution in [0.2, 0.25) is 5.02 Å². The summed E-state index contributed by atoms with van der Waals surface area (Å²) in [6, 6.07) is 10.4. The highest BCUT2D eigenvalue weighted by molar-refractivity contribution is 7.80. The van der Waals surface area contributed by atoms with Crippen LogP contribution in [0.3, 0.4) is 0 Å². The van der Waals surface area contributed by atoms with E-state index in [1.807, 2.05) is 6.07 Å². The van der Waals surface area contributed by atoms with Gasteiger partial charge in [0.15, 0.2) is 0 Å². The number of hydrogen-bond donors (Lipinski definition) is 2. The van der Waals surface area contributed by atoms with Gasteiger partial charge in [0.1, 0.15) is 23.0 Å². The van der Waals surface area contributed by atoms with Crippen molar-refractivity contribution in [1.29, 1.82) is 0 Å². The molecule has 0 unspecified atom stereocenters. The van der Waals surface area contributed by atoms with Crippen molar-refractivity contribution in [2.45, 2.75) is 51.4 Å². The maximum atomic E-state index is 12.2. The standard InChI is InChI=1S/C28H31ClN2O4S/c29-24-15-21(8-7-19(24)14-20(32)13-18-5-6-18)35-26-9-10-31-25-17-27(23(28(30)33)16-22(25)26)34-11-3-1-2-4-12-36/h7-10,15-18,36H,1-6,11-14H2,(H2,30,33). The lowest BCUT2D eigenvalue weighted by Gasteiger charge is -2.14. The molecule has 3 aromatic rings. The molecule has 36 heavy (non-hydrogen) atoms. The summed E-state index contributed by atoms with van der Waals surface area (Å²) in [4.78, 5) is 28.8. The van der Waals surface area contributed by atoms with Gasteiger partial charge < -0.3 is 15.2 Å². The Morgan fingerprint density at radius 2 is 1.86 bits per heavy atom. The highest BCUT2D eigenvalue weighted by Gasteiger charge is 2.24. The number of thiol groups is 1. The third-order valence-electron chi connectivity index (χ3n) is 6.23. The van der Waals surface area contributed by atoms with Gasteiger partial charge in [-0.3, -0.25) is 14.6 Å². The molecule has 8 heteroatoms. The minimum atomic E-state index is -0.583. The number of unbranched alkanes of at least 4 members (excludes halogenated alkanes) is 3. The van der Waals surface area contributed by atoms with Gasteiger partial charge in [0.25, 0.3) is 5.91 Å². The number of rotatable bonds is 14. The van der Waals surface area contributed by atoms with Crippen LogP contribution in [0.4, 0.5) is 0 Å². The predicted octanol–water partition coefficient (Wildman–Crippen LogP) is 6.56. The van der Waals surface area contributed by atoms with Gasteiger partial charge in [0.2, 0.25) is 0 Å². The molecule has 1 aliphatic carbocycles. The molecule has 1 aliphatic rings. The van der Waals surface area contributed by atoms with E-state index in [9.17, 15) is 9.59 Å². The summed E-state index contributed by atoms with van der Waals surface area (Å²) in [5.41, 5.74) is 7.34. The molecule has 0 spiro atoms. The maximum absolute atomic E-state index is 12.2. The molecule has 0 radical (unpaired) electrons. The van der Waals surface area contributed by atoms with E-state index in [0.29, 0.717) is 58.5 Å². The molecule has 1 fully saturated rings. The van der Waals surface area contributed by atoms with Crippen molar-refractivity contribution < 1.29 is 19.1 Å². The summed E-state index contributed by atoms with van der Waals surface area (Å²) in [6.45, 7) is 0.489. The van der Waals surface area contributed by atoms with Crippen LogP contribution in [-0.2, 0) is 11.2 Å². The summed E-state index contributed by atoms with van der Waals surface area (Å²) in [7, 11) is 0. The minimum absolute atomic E-state index is 0.211. The van der Waals surface area contributed by atoms with Crippen molar-refractivity contribution in [1.82, 2.24) is 4.98 Å². The van der Waals surface area contributed by atoms with Gasteiger partial charge in [0.05, 0.1) is 17.7 Å². The first kappa shape index (κ1) is 26.3. The number of nitrogens with zero attached hydrogens (tertiary/aromatic N) is 1. The van der Waals surface area contributed by atoms with Gasteiger partial charge in [0, 0.05) is 35.5 Å². The zero-order chi connectivity index (χ0) is 25.5. The van der Waals surface area contributed by atoms with Gasteiger partial charge >= 0.3 is 0 Å². The normalized spacial score (nSPS) is 13.1. The number of fused-ring (bicyclic) bond motifs is 1. The Morgan fingerprint density at radius 1 is 1.06 bits per heavy atom. The molecule has 1 aromatic heterocycles. The number of aromatic nitrogens is 1. The van der Waals surface area contributed by atoms with E-state index >= 15 is 0 Å². The number of amides is 1. The Balaban J connectivity index is 1.50. The van der Waals surface area contributed by atoms with Crippen molar-refractivity contribution in [2.24, 2.45) is 11.7 Å². The molecule has 190 valence electrons. The number of pyridine rings is 1. The number of primary amides is 1. The van der Waals surface area contributed by atoms with E-state index < -0.39 is 5.91 Å². The molecule has 4 rings (SSSR count). The van der Waals surface area contributed by atoms with E-state index in [1.165, 1.54) is 0 Å². The number of carbonyl (C=O) groups excluding carboxylic acids is 2. The molecule has 0 bridgehead atoms. The first-order valence-electron chi connectivity index (χ1n) is 12.4. The second-order valence-electron chi connectivity index (χ2n) is 9.24. The molecule has 6 nitrogen and oxygen atoms in total. The van der Waals surface area contributed by atoms with Gasteiger partial charge in [-0.2, -0.15) is 12.6 Å². The monoisotopic (exact) mass is 526 g/mol. The first-order valence-corrected chi connectivity index (χ1v) is 13.4. The number of Topliss-reactive ketones (excluding diaryl/α,β-unsaturated/α-hetero) is 1.